The molecule has 1 saturated heterocycles. The van der Waals surface area contributed by atoms with Crippen molar-refractivity contribution in [2.24, 2.45) is 11.7 Å². The van der Waals surface area contributed by atoms with E-state index >= 15 is 0 Å². The summed E-state index contributed by atoms with van der Waals surface area (Å²) in [5.74, 6) is 0.519. The molecule has 5 nitrogen and oxygen atoms in total. The fourth-order valence-electron chi connectivity index (χ4n) is 2.40. The molecule has 0 bridgehead atoms. The minimum absolute atomic E-state index is 0.144. The molecule has 16 heavy (non-hydrogen) atoms. The second-order valence-electron chi connectivity index (χ2n) is 4.24. The van der Waals surface area contributed by atoms with E-state index in [1.54, 1.807) is 6.20 Å². The average molecular weight is 225 g/mol. The van der Waals surface area contributed by atoms with Crippen molar-refractivity contribution < 1.29 is 0 Å². The molecule has 92 valence electrons. The van der Waals surface area contributed by atoms with Gasteiger partial charge in [-0.2, -0.15) is 0 Å². The third-order valence-corrected chi connectivity index (χ3v) is 2.89. The van der Waals surface area contributed by atoms with Crippen molar-refractivity contribution in [3.8, 4) is 0 Å². The van der Waals surface area contributed by atoms with Gasteiger partial charge in [0.1, 0.15) is 0 Å². The molecule has 2 rings (SSSR count). The van der Waals surface area contributed by atoms with Crippen molar-refractivity contribution in [1.29, 1.82) is 0 Å². The monoisotopic (exact) mass is 225 g/mol. The predicted molar refractivity (Wildman–Crippen MR) is 65.0 cm³/mol. The summed E-state index contributed by atoms with van der Waals surface area (Å²) in [7, 11) is 2.11. The first kappa shape index (κ1) is 13.1. The Bertz CT molecular complexity index is 273. The molecule has 1 fully saturated rings. The smallest absolute Gasteiger partial charge is 0.0737 e. The number of hydrogen-bond donors (Lipinski definition) is 1. The van der Waals surface area contributed by atoms with Gasteiger partial charge in [0.25, 0.3) is 0 Å². The quantitative estimate of drug-likeness (QED) is 0.766. The minimum Gasteiger partial charge on any atom is -0.325 e. The summed E-state index contributed by atoms with van der Waals surface area (Å²) in [6.45, 7) is 8.20. The molecule has 0 saturated carbocycles. The Morgan fingerprint density at radius 2 is 2.00 bits per heavy atom. The second-order valence-corrected chi connectivity index (χ2v) is 4.24. The summed E-state index contributed by atoms with van der Waals surface area (Å²) in [6, 6.07) is 0.430. The highest BCUT2D eigenvalue weighted by Gasteiger charge is 2.32. The maximum Gasteiger partial charge on any atom is 0.0737 e. The molecule has 0 aliphatic carbocycles. The molecule has 0 aromatic carbocycles. The Hall–Kier alpha value is -0.940. The number of piperidine rings is 1. The van der Waals surface area contributed by atoms with Crippen molar-refractivity contribution in [2.75, 3.05) is 20.1 Å². The molecule has 3 atom stereocenters. The Labute approximate surface area is 97.6 Å². The summed E-state index contributed by atoms with van der Waals surface area (Å²) in [4.78, 5) is 2.27. The van der Waals surface area contributed by atoms with Crippen LogP contribution < -0.4 is 5.73 Å². The number of likely N-dealkylation sites (N-methyl/N-ethyl adjacent to an activating group) is 1. The first-order valence-corrected chi connectivity index (χ1v) is 5.98. The maximum atomic E-state index is 6.12. The van der Waals surface area contributed by atoms with Crippen LogP contribution in [0.5, 0.6) is 0 Å². The highest BCUT2D eigenvalue weighted by Crippen LogP contribution is 2.25. The zero-order chi connectivity index (χ0) is 12.1. The van der Waals surface area contributed by atoms with E-state index in [2.05, 4.69) is 29.2 Å². The lowest BCUT2D eigenvalue weighted by Gasteiger charge is -2.39. The fourth-order valence-corrected chi connectivity index (χ4v) is 2.40. The molecule has 1 aromatic heterocycles. The van der Waals surface area contributed by atoms with Crippen LogP contribution >= 0.6 is 0 Å². The lowest BCUT2D eigenvalue weighted by atomic mass is 9.91. The zero-order valence-electron chi connectivity index (χ0n) is 10.7. The lowest BCUT2D eigenvalue weighted by molar-refractivity contribution is 0.126. The molecule has 1 aliphatic heterocycles. The van der Waals surface area contributed by atoms with Crippen LogP contribution in [0.1, 0.15) is 26.8 Å². The summed E-state index contributed by atoms with van der Waals surface area (Å²) < 4.78 is 1.89. The van der Waals surface area contributed by atoms with E-state index in [0.717, 1.165) is 13.1 Å². The molecule has 5 heteroatoms. The Kier molecular flexibility index (Phi) is 4.89. The zero-order valence-corrected chi connectivity index (χ0v) is 10.7. The summed E-state index contributed by atoms with van der Waals surface area (Å²) in [6.07, 6.45) is 3.60. The number of nitrogens with two attached hydrogens (primary N) is 1. The van der Waals surface area contributed by atoms with E-state index in [0.29, 0.717) is 5.92 Å². The predicted octanol–water partition coefficient (Wildman–Crippen LogP) is 0.754. The third-order valence-electron chi connectivity index (χ3n) is 2.89. The van der Waals surface area contributed by atoms with Gasteiger partial charge in [-0.1, -0.05) is 26.0 Å². The van der Waals surface area contributed by atoms with Crippen molar-refractivity contribution in [3.05, 3.63) is 12.4 Å². The van der Waals surface area contributed by atoms with Gasteiger partial charge in [-0.05, 0) is 13.0 Å². The van der Waals surface area contributed by atoms with Crippen LogP contribution in [0.25, 0.3) is 0 Å². The highest BCUT2D eigenvalue weighted by atomic mass is 15.4. The van der Waals surface area contributed by atoms with Crippen LogP contribution in [0, 0.1) is 5.92 Å². The topological polar surface area (TPSA) is 60.0 Å². The van der Waals surface area contributed by atoms with Gasteiger partial charge in [-0.25, -0.2) is 4.68 Å². The van der Waals surface area contributed by atoms with Crippen molar-refractivity contribution in [2.45, 2.75) is 32.9 Å². The Morgan fingerprint density at radius 3 is 2.50 bits per heavy atom. The van der Waals surface area contributed by atoms with Crippen LogP contribution in [-0.4, -0.2) is 46.1 Å². The van der Waals surface area contributed by atoms with Gasteiger partial charge < -0.3 is 10.6 Å². The number of rotatable bonds is 1. The molecular weight excluding hydrogens is 202 g/mol. The molecule has 3 unspecified atom stereocenters. The van der Waals surface area contributed by atoms with E-state index in [-0.39, 0.29) is 12.1 Å². The molecule has 1 aromatic rings. The summed E-state index contributed by atoms with van der Waals surface area (Å²) in [5, 5.41) is 7.86. The van der Waals surface area contributed by atoms with E-state index in [4.69, 9.17) is 5.73 Å². The first-order chi connectivity index (χ1) is 7.68. The Balaban J connectivity index is 0.000000606. The molecule has 1 aliphatic rings. The molecule has 0 amide bonds. The lowest BCUT2D eigenvalue weighted by Crippen LogP contribution is -2.51. The third kappa shape index (κ3) is 2.80. The van der Waals surface area contributed by atoms with Gasteiger partial charge >= 0.3 is 0 Å². The molecular formula is C11H23N5. The highest BCUT2D eigenvalue weighted by molar-refractivity contribution is 4.90. The normalized spacial score (nSPS) is 30.7. The van der Waals surface area contributed by atoms with Gasteiger partial charge in [-0.15, -0.1) is 5.10 Å². The van der Waals surface area contributed by atoms with E-state index < -0.39 is 0 Å². The second kappa shape index (κ2) is 5.96. The fraction of sp³-hybridized carbons (Fsp3) is 0.818. The Morgan fingerprint density at radius 1 is 1.31 bits per heavy atom. The van der Waals surface area contributed by atoms with Crippen molar-refractivity contribution in [1.82, 2.24) is 19.9 Å². The van der Waals surface area contributed by atoms with Crippen LogP contribution in [-0.2, 0) is 0 Å². The number of likely N-dealkylation sites (tertiary alicyclic amines) is 1. The molecule has 0 spiro atoms. The SMILES string of the molecule is CC.CC1CN(C)CC(N)C1n1ccnn1. The van der Waals surface area contributed by atoms with Gasteiger partial charge in [0.05, 0.1) is 12.2 Å². The van der Waals surface area contributed by atoms with Crippen LogP contribution in [0.4, 0.5) is 0 Å². The van der Waals surface area contributed by atoms with Crippen LogP contribution in [0.3, 0.4) is 0 Å². The van der Waals surface area contributed by atoms with E-state index in [1.807, 2.05) is 24.7 Å². The van der Waals surface area contributed by atoms with Crippen LogP contribution in [0.2, 0.25) is 0 Å². The maximum absolute atomic E-state index is 6.12. The van der Waals surface area contributed by atoms with Gasteiger partial charge in [0, 0.05) is 25.3 Å². The summed E-state index contributed by atoms with van der Waals surface area (Å²) in [5.41, 5.74) is 6.12. The van der Waals surface area contributed by atoms with E-state index in [1.165, 1.54) is 0 Å². The molecule has 2 heterocycles. The van der Waals surface area contributed by atoms with Crippen LogP contribution in [0.15, 0.2) is 12.4 Å². The van der Waals surface area contributed by atoms with Crippen molar-refractivity contribution >= 4 is 0 Å². The summed E-state index contributed by atoms with van der Waals surface area (Å²) >= 11 is 0. The number of nitrogens with zero attached hydrogens (tertiary/aromatic N) is 4. The minimum atomic E-state index is 0.144. The van der Waals surface area contributed by atoms with E-state index in [9.17, 15) is 0 Å². The molecule has 2 N–H and O–H groups in total. The average Bonchev–Trinajstić information content (AvgIpc) is 2.72. The number of hydrogen-bond acceptors (Lipinski definition) is 4. The van der Waals surface area contributed by atoms with Gasteiger partial charge in [-0.3, -0.25) is 0 Å². The number of aromatic nitrogens is 3. The standard InChI is InChI=1S/C9H17N5.C2H6/c1-7-5-13(2)6-8(10)9(7)14-4-3-11-12-14;1-2/h3-4,7-9H,5-6,10H2,1-2H3;1-2H3. The van der Waals surface area contributed by atoms with Crippen molar-refractivity contribution in [3.63, 3.8) is 0 Å². The van der Waals surface area contributed by atoms with Gasteiger partial charge in [0.2, 0.25) is 0 Å². The molecule has 0 radical (unpaired) electrons. The first-order valence-electron chi connectivity index (χ1n) is 5.98. The van der Waals surface area contributed by atoms with Gasteiger partial charge in [0.15, 0.2) is 0 Å². The largest absolute Gasteiger partial charge is 0.325 e.